The summed E-state index contributed by atoms with van der Waals surface area (Å²) in [5.74, 6) is -1.06. The molecule has 5 nitrogen and oxygen atoms in total. The smallest absolute Gasteiger partial charge is 0.326 e. The summed E-state index contributed by atoms with van der Waals surface area (Å²) in [6.45, 7) is 6.33. The number of anilines is 1. The Morgan fingerprint density at radius 1 is 1.65 bits per heavy atom. The van der Waals surface area contributed by atoms with Crippen LogP contribution >= 0.6 is 11.3 Å². The Bertz CT molecular complexity index is 388. The average molecular weight is 257 g/mol. The molecule has 1 atom stereocenters. The highest BCUT2D eigenvalue weighted by Gasteiger charge is 2.22. The van der Waals surface area contributed by atoms with Crippen molar-refractivity contribution in [2.45, 2.75) is 45.2 Å². The number of hydrogen-bond acceptors (Lipinski definition) is 5. The van der Waals surface area contributed by atoms with Crippen molar-refractivity contribution in [3.8, 4) is 0 Å². The van der Waals surface area contributed by atoms with E-state index in [9.17, 15) is 4.79 Å². The van der Waals surface area contributed by atoms with Gasteiger partial charge in [0.1, 0.15) is 6.04 Å². The minimum atomic E-state index is -1.06. The molecule has 0 fully saturated rings. The molecular weight excluding hydrogens is 238 g/mol. The van der Waals surface area contributed by atoms with Crippen LogP contribution in [0.3, 0.4) is 0 Å². The second kappa shape index (κ2) is 5.46. The summed E-state index contributed by atoms with van der Waals surface area (Å²) in [5.41, 5.74) is 5.89. The molecule has 0 amide bonds. The molecule has 96 valence electrons. The molecule has 17 heavy (non-hydrogen) atoms. The molecule has 6 heteroatoms. The molecule has 0 aliphatic heterocycles. The Balaban J connectivity index is 2.78. The lowest BCUT2D eigenvalue weighted by molar-refractivity contribution is -0.138. The number of nitrogens with zero attached hydrogens (tertiary/aromatic N) is 1. The number of carboxylic acid groups (broad SMARTS) is 1. The van der Waals surface area contributed by atoms with Crippen LogP contribution in [0.15, 0.2) is 5.38 Å². The normalized spacial score (nSPS) is 13.4. The van der Waals surface area contributed by atoms with Gasteiger partial charge in [-0.1, -0.05) is 13.8 Å². The SMILES string of the molecule is CCC(C)(CC)Nc1nc(C(N)C(=O)O)cs1. The first-order valence-corrected chi connectivity index (χ1v) is 6.52. The van der Waals surface area contributed by atoms with E-state index in [1.54, 1.807) is 5.38 Å². The van der Waals surface area contributed by atoms with Crippen LogP contribution in [-0.2, 0) is 4.79 Å². The number of thiazole rings is 1. The molecule has 4 N–H and O–H groups in total. The van der Waals surface area contributed by atoms with Crippen molar-refractivity contribution in [1.82, 2.24) is 4.98 Å². The first-order valence-electron chi connectivity index (χ1n) is 5.64. The summed E-state index contributed by atoms with van der Waals surface area (Å²) in [7, 11) is 0. The maximum absolute atomic E-state index is 10.7. The van der Waals surface area contributed by atoms with Gasteiger partial charge in [0, 0.05) is 10.9 Å². The van der Waals surface area contributed by atoms with E-state index < -0.39 is 12.0 Å². The van der Waals surface area contributed by atoms with Gasteiger partial charge in [-0.2, -0.15) is 0 Å². The molecule has 1 aromatic heterocycles. The third-order valence-electron chi connectivity index (χ3n) is 3.08. The zero-order valence-corrected chi connectivity index (χ0v) is 11.2. The first-order chi connectivity index (χ1) is 7.91. The van der Waals surface area contributed by atoms with Crippen LogP contribution in [0.2, 0.25) is 0 Å². The standard InChI is InChI=1S/C11H19N3O2S/c1-4-11(3,5-2)14-10-13-7(6-17-10)8(12)9(15)16/h6,8H,4-5,12H2,1-3H3,(H,13,14)(H,15,16). The second-order valence-electron chi connectivity index (χ2n) is 4.29. The number of aliphatic carboxylic acids is 1. The fourth-order valence-electron chi connectivity index (χ4n) is 1.30. The Hall–Kier alpha value is -1.14. The van der Waals surface area contributed by atoms with Crippen molar-refractivity contribution in [2.75, 3.05) is 5.32 Å². The molecule has 1 aromatic rings. The van der Waals surface area contributed by atoms with Gasteiger partial charge in [0.15, 0.2) is 5.13 Å². The number of rotatable bonds is 6. The molecule has 0 radical (unpaired) electrons. The van der Waals surface area contributed by atoms with Crippen LogP contribution in [0.25, 0.3) is 0 Å². The molecule has 1 heterocycles. The lowest BCUT2D eigenvalue weighted by atomic mass is 9.96. The zero-order chi connectivity index (χ0) is 13.1. The van der Waals surface area contributed by atoms with Gasteiger partial charge in [0.25, 0.3) is 0 Å². The molecule has 1 unspecified atom stereocenters. The van der Waals surface area contributed by atoms with Gasteiger partial charge in [-0.25, -0.2) is 4.98 Å². The summed E-state index contributed by atoms with van der Waals surface area (Å²) >= 11 is 1.39. The fraction of sp³-hybridized carbons (Fsp3) is 0.636. The number of nitrogens with two attached hydrogens (primary N) is 1. The van der Waals surface area contributed by atoms with Crippen molar-refractivity contribution in [3.05, 3.63) is 11.1 Å². The number of hydrogen-bond donors (Lipinski definition) is 3. The Labute approximate surface area is 105 Å². The highest BCUT2D eigenvalue weighted by Crippen LogP contribution is 2.26. The van der Waals surface area contributed by atoms with Crippen LogP contribution in [0.4, 0.5) is 5.13 Å². The fourth-order valence-corrected chi connectivity index (χ4v) is 2.19. The summed E-state index contributed by atoms with van der Waals surface area (Å²) < 4.78 is 0. The molecule has 1 rings (SSSR count). The minimum absolute atomic E-state index is 0.0115. The monoisotopic (exact) mass is 257 g/mol. The van der Waals surface area contributed by atoms with Crippen LogP contribution in [-0.4, -0.2) is 21.6 Å². The van der Waals surface area contributed by atoms with E-state index in [0.717, 1.165) is 18.0 Å². The molecule has 0 spiro atoms. The predicted octanol–water partition coefficient (Wildman–Crippen LogP) is 2.22. The summed E-state index contributed by atoms with van der Waals surface area (Å²) in [4.78, 5) is 14.9. The zero-order valence-electron chi connectivity index (χ0n) is 10.4. The molecule has 0 aliphatic carbocycles. The Morgan fingerprint density at radius 3 is 2.71 bits per heavy atom. The third kappa shape index (κ3) is 3.41. The molecule has 0 saturated carbocycles. The summed E-state index contributed by atoms with van der Waals surface area (Å²) in [6.07, 6.45) is 1.95. The topological polar surface area (TPSA) is 88.2 Å². The molecule has 0 aliphatic rings. The van der Waals surface area contributed by atoms with E-state index in [0.29, 0.717) is 5.69 Å². The van der Waals surface area contributed by atoms with Gasteiger partial charge in [0.05, 0.1) is 5.69 Å². The maximum atomic E-state index is 10.7. The van der Waals surface area contributed by atoms with Gasteiger partial charge in [-0.15, -0.1) is 11.3 Å². The van der Waals surface area contributed by atoms with E-state index in [1.165, 1.54) is 11.3 Å². The third-order valence-corrected chi connectivity index (χ3v) is 3.85. The number of nitrogens with one attached hydrogen (secondary N) is 1. The van der Waals surface area contributed by atoms with E-state index in [4.69, 9.17) is 10.8 Å². The highest BCUT2D eigenvalue weighted by atomic mass is 32.1. The van der Waals surface area contributed by atoms with Gasteiger partial charge in [-0.05, 0) is 19.8 Å². The quantitative estimate of drug-likeness (QED) is 0.727. The van der Waals surface area contributed by atoms with Crippen molar-refractivity contribution >= 4 is 22.4 Å². The first kappa shape index (κ1) is 13.9. The molecule has 0 saturated heterocycles. The van der Waals surface area contributed by atoms with E-state index in [2.05, 4.69) is 31.1 Å². The van der Waals surface area contributed by atoms with Crippen molar-refractivity contribution in [2.24, 2.45) is 5.73 Å². The van der Waals surface area contributed by atoms with Crippen molar-refractivity contribution < 1.29 is 9.90 Å². The number of aromatic nitrogens is 1. The van der Waals surface area contributed by atoms with E-state index >= 15 is 0 Å². The van der Waals surface area contributed by atoms with Crippen LogP contribution in [0, 0.1) is 0 Å². The van der Waals surface area contributed by atoms with Gasteiger partial charge < -0.3 is 16.2 Å². The Morgan fingerprint density at radius 2 is 2.24 bits per heavy atom. The molecule has 0 aromatic carbocycles. The highest BCUT2D eigenvalue weighted by molar-refractivity contribution is 7.13. The molecular formula is C11H19N3O2S. The van der Waals surface area contributed by atoms with E-state index in [1.807, 2.05) is 0 Å². The van der Waals surface area contributed by atoms with Crippen LogP contribution in [0.5, 0.6) is 0 Å². The lowest BCUT2D eigenvalue weighted by Gasteiger charge is -2.27. The van der Waals surface area contributed by atoms with Crippen LogP contribution < -0.4 is 11.1 Å². The predicted molar refractivity (Wildman–Crippen MR) is 69.3 cm³/mol. The average Bonchev–Trinajstić information content (AvgIpc) is 2.76. The largest absolute Gasteiger partial charge is 0.480 e. The van der Waals surface area contributed by atoms with Crippen molar-refractivity contribution in [3.63, 3.8) is 0 Å². The Kier molecular flexibility index (Phi) is 4.47. The van der Waals surface area contributed by atoms with Crippen molar-refractivity contribution in [1.29, 1.82) is 0 Å². The van der Waals surface area contributed by atoms with E-state index in [-0.39, 0.29) is 5.54 Å². The van der Waals surface area contributed by atoms with Gasteiger partial charge in [0.2, 0.25) is 0 Å². The second-order valence-corrected chi connectivity index (χ2v) is 5.14. The molecule has 0 bridgehead atoms. The minimum Gasteiger partial charge on any atom is -0.480 e. The van der Waals surface area contributed by atoms with Gasteiger partial charge >= 0.3 is 5.97 Å². The number of carbonyl (C=O) groups is 1. The van der Waals surface area contributed by atoms with Crippen LogP contribution in [0.1, 0.15) is 45.3 Å². The summed E-state index contributed by atoms with van der Waals surface area (Å²) in [6, 6.07) is -1.05. The summed E-state index contributed by atoms with van der Waals surface area (Å²) in [5, 5.41) is 14.5. The van der Waals surface area contributed by atoms with Gasteiger partial charge in [-0.3, -0.25) is 4.79 Å². The maximum Gasteiger partial charge on any atom is 0.326 e. The number of carboxylic acids is 1. The lowest BCUT2D eigenvalue weighted by Crippen LogP contribution is -2.32.